The number of carbonyl (C=O) groups excluding carboxylic acids is 2. The molecule has 2 aromatic rings. The summed E-state index contributed by atoms with van der Waals surface area (Å²) < 4.78 is 10.2. The molecular weight excluding hydrogens is 408 g/mol. The molecule has 2 N–H and O–H groups in total. The van der Waals surface area contributed by atoms with Crippen molar-refractivity contribution in [1.29, 1.82) is 0 Å². The minimum Gasteiger partial charge on any atom is -0.410 e. The molecule has 8 nitrogen and oxygen atoms in total. The topological polar surface area (TPSA) is 83.1 Å². The van der Waals surface area contributed by atoms with Crippen LogP contribution in [0.4, 0.5) is 21.0 Å². The summed E-state index contributed by atoms with van der Waals surface area (Å²) in [7, 11) is 11.1. The van der Waals surface area contributed by atoms with Gasteiger partial charge in [0.05, 0.1) is 0 Å². The Morgan fingerprint density at radius 2 is 0.875 bits per heavy atom. The number of nitrogens with zero attached hydrogens (tertiary/aromatic N) is 2. The first-order valence-corrected chi connectivity index (χ1v) is 10.3. The van der Waals surface area contributed by atoms with Crippen LogP contribution >= 0.6 is 0 Å². The molecule has 0 aliphatic heterocycles. The third kappa shape index (κ3) is 7.37. The van der Waals surface area contributed by atoms with Crippen molar-refractivity contribution in [2.75, 3.05) is 52.1 Å². The van der Waals surface area contributed by atoms with Gasteiger partial charge in [0.25, 0.3) is 0 Å². The maximum Gasteiger partial charge on any atom is 0.412 e. The van der Waals surface area contributed by atoms with Crippen molar-refractivity contribution in [3.05, 3.63) is 46.5 Å². The van der Waals surface area contributed by atoms with E-state index in [0.29, 0.717) is 11.5 Å². The molecule has 0 atom stereocenters. The highest BCUT2D eigenvalue weighted by atomic mass is 16.6. The molecule has 2 aromatic carbocycles. The third-order valence-electron chi connectivity index (χ3n) is 4.65. The van der Waals surface area contributed by atoms with E-state index in [0.717, 1.165) is 33.6 Å². The monoisotopic (exact) mass is 444 g/mol. The zero-order chi connectivity index (χ0) is 24.6. The standard InChI is InChI=1S/2C12H18N2O2/c2*1-8-6-10(16-12(15)13-3)7-9(2)11(8)14(4)5/h2*6-7H,1-5H3,(H,13,15). The van der Waals surface area contributed by atoms with E-state index in [1.807, 2.05) is 90.0 Å². The molecule has 8 heteroatoms. The Hall–Kier alpha value is -3.42. The fourth-order valence-corrected chi connectivity index (χ4v) is 3.68. The van der Waals surface area contributed by atoms with Crippen LogP contribution in [0.3, 0.4) is 0 Å². The van der Waals surface area contributed by atoms with Gasteiger partial charge in [0.1, 0.15) is 11.5 Å². The van der Waals surface area contributed by atoms with Gasteiger partial charge in [-0.2, -0.15) is 0 Å². The molecule has 0 aliphatic carbocycles. The molecule has 2 rings (SSSR count). The van der Waals surface area contributed by atoms with Gasteiger partial charge in [-0.15, -0.1) is 0 Å². The van der Waals surface area contributed by atoms with E-state index in [1.54, 1.807) is 0 Å². The molecule has 0 fully saturated rings. The average molecular weight is 445 g/mol. The summed E-state index contributed by atoms with van der Waals surface area (Å²) in [5.74, 6) is 1.14. The lowest BCUT2D eigenvalue weighted by atomic mass is 10.1. The Morgan fingerprint density at radius 3 is 1.06 bits per heavy atom. The Labute approximate surface area is 191 Å². The van der Waals surface area contributed by atoms with Crippen LogP contribution in [0.15, 0.2) is 24.3 Å². The van der Waals surface area contributed by atoms with Crippen LogP contribution in [-0.2, 0) is 0 Å². The second-order valence-corrected chi connectivity index (χ2v) is 7.88. The number of hydrogen-bond donors (Lipinski definition) is 2. The lowest BCUT2D eigenvalue weighted by Crippen LogP contribution is -2.22. The second-order valence-electron chi connectivity index (χ2n) is 7.88. The van der Waals surface area contributed by atoms with Crippen LogP contribution in [0.5, 0.6) is 11.5 Å². The van der Waals surface area contributed by atoms with Gasteiger partial charge in [-0.1, -0.05) is 0 Å². The number of ether oxygens (including phenoxy) is 2. The molecule has 0 aromatic heterocycles. The van der Waals surface area contributed by atoms with Gasteiger partial charge in [0.2, 0.25) is 0 Å². The molecule has 0 spiro atoms. The van der Waals surface area contributed by atoms with Crippen LogP contribution in [0, 0.1) is 27.7 Å². The Morgan fingerprint density at radius 1 is 0.625 bits per heavy atom. The SMILES string of the molecule is CNC(=O)Oc1cc(C)c(N(C)C)c(C)c1.CNC(=O)Oc1cc(C)c(N(C)C)c(C)c1. The average Bonchev–Trinajstić information content (AvgIpc) is 2.66. The van der Waals surface area contributed by atoms with Gasteiger partial charge in [-0.05, 0) is 74.2 Å². The molecular formula is C24H36N4O4. The first-order chi connectivity index (χ1) is 14.9. The number of rotatable bonds is 4. The second kappa shape index (κ2) is 11.8. The third-order valence-corrected chi connectivity index (χ3v) is 4.65. The van der Waals surface area contributed by atoms with E-state index in [9.17, 15) is 9.59 Å². The summed E-state index contributed by atoms with van der Waals surface area (Å²) in [6.45, 7) is 8.00. The largest absolute Gasteiger partial charge is 0.412 e. The molecule has 0 heterocycles. The number of amides is 2. The molecule has 0 saturated heterocycles. The summed E-state index contributed by atoms with van der Waals surface area (Å²) >= 11 is 0. The predicted molar refractivity (Wildman–Crippen MR) is 131 cm³/mol. The van der Waals surface area contributed by atoms with E-state index in [1.165, 1.54) is 14.1 Å². The van der Waals surface area contributed by atoms with Gasteiger partial charge in [0, 0.05) is 53.7 Å². The van der Waals surface area contributed by atoms with Crippen molar-refractivity contribution < 1.29 is 19.1 Å². The number of carbonyl (C=O) groups is 2. The molecule has 0 aliphatic rings. The van der Waals surface area contributed by atoms with Crippen molar-refractivity contribution in [3.63, 3.8) is 0 Å². The molecule has 0 bridgehead atoms. The molecule has 2 amide bonds. The smallest absolute Gasteiger partial charge is 0.410 e. The minimum atomic E-state index is -0.448. The number of anilines is 2. The first-order valence-electron chi connectivity index (χ1n) is 10.3. The lowest BCUT2D eigenvalue weighted by molar-refractivity contribution is 0.202. The van der Waals surface area contributed by atoms with E-state index < -0.39 is 12.2 Å². The van der Waals surface area contributed by atoms with Gasteiger partial charge >= 0.3 is 12.2 Å². The van der Waals surface area contributed by atoms with E-state index in [-0.39, 0.29) is 0 Å². The number of benzene rings is 2. The quantitative estimate of drug-likeness (QED) is 0.736. The number of nitrogens with one attached hydrogen (secondary N) is 2. The van der Waals surface area contributed by atoms with Crippen LogP contribution in [0.2, 0.25) is 0 Å². The van der Waals surface area contributed by atoms with E-state index in [4.69, 9.17) is 9.47 Å². The van der Waals surface area contributed by atoms with Crippen LogP contribution < -0.4 is 29.9 Å². The maximum absolute atomic E-state index is 11.1. The highest BCUT2D eigenvalue weighted by molar-refractivity contribution is 5.72. The van der Waals surface area contributed by atoms with E-state index in [2.05, 4.69) is 10.6 Å². The predicted octanol–water partition coefficient (Wildman–Crippen LogP) is 4.18. The molecule has 176 valence electrons. The maximum atomic E-state index is 11.1. The highest BCUT2D eigenvalue weighted by Crippen LogP contribution is 2.29. The van der Waals surface area contributed by atoms with Gasteiger partial charge < -0.3 is 29.9 Å². The van der Waals surface area contributed by atoms with Crippen molar-refractivity contribution in [1.82, 2.24) is 10.6 Å². The van der Waals surface area contributed by atoms with Crippen LogP contribution in [-0.4, -0.2) is 54.5 Å². The Kier molecular flexibility index (Phi) is 9.84. The molecule has 0 unspecified atom stereocenters. The lowest BCUT2D eigenvalue weighted by Gasteiger charge is -2.19. The summed E-state index contributed by atoms with van der Waals surface area (Å²) in [6.07, 6.45) is -0.896. The van der Waals surface area contributed by atoms with E-state index >= 15 is 0 Å². The Balaban J connectivity index is 0.000000320. The van der Waals surface area contributed by atoms with Crippen LogP contribution in [0.25, 0.3) is 0 Å². The van der Waals surface area contributed by atoms with Gasteiger partial charge in [-0.25, -0.2) is 9.59 Å². The summed E-state index contributed by atoms with van der Waals surface area (Å²) in [5, 5.41) is 4.84. The molecule has 0 radical (unpaired) electrons. The van der Waals surface area contributed by atoms with Crippen molar-refractivity contribution in [2.45, 2.75) is 27.7 Å². The molecule has 32 heavy (non-hydrogen) atoms. The number of aryl methyl sites for hydroxylation is 4. The highest BCUT2D eigenvalue weighted by Gasteiger charge is 2.10. The van der Waals surface area contributed by atoms with Crippen molar-refractivity contribution in [2.24, 2.45) is 0 Å². The Bertz CT molecular complexity index is 832. The fourth-order valence-electron chi connectivity index (χ4n) is 3.68. The first kappa shape index (κ1) is 26.6. The summed E-state index contributed by atoms with van der Waals surface area (Å²) in [6, 6.07) is 7.43. The van der Waals surface area contributed by atoms with Crippen molar-refractivity contribution in [3.8, 4) is 11.5 Å². The van der Waals surface area contributed by atoms with Gasteiger partial charge in [0.15, 0.2) is 0 Å². The minimum absolute atomic E-state index is 0.448. The van der Waals surface area contributed by atoms with Crippen molar-refractivity contribution >= 4 is 23.6 Å². The summed E-state index contributed by atoms with van der Waals surface area (Å²) in [5.41, 5.74) is 6.66. The zero-order valence-electron chi connectivity index (χ0n) is 20.8. The van der Waals surface area contributed by atoms with Gasteiger partial charge in [-0.3, -0.25) is 0 Å². The zero-order valence-corrected chi connectivity index (χ0v) is 20.8. The fraction of sp³-hybridized carbons (Fsp3) is 0.417. The molecule has 0 saturated carbocycles. The number of hydrogen-bond acceptors (Lipinski definition) is 6. The van der Waals surface area contributed by atoms with Crippen LogP contribution in [0.1, 0.15) is 22.3 Å². The summed E-state index contributed by atoms with van der Waals surface area (Å²) in [4.78, 5) is 26.3. The normalized spacial score (nSPS) is 9.81.